The quantitative estimate of drug-likeness (QED) is 0.170. The van der Waals surface area contributed by atoms with Crippen molar-refractivity contribution in [3.63, 3.8) is 0 Å². The lowest BCUT2D eigenvalue weighted by atomic mass is 10.2. The number of para-hydroxylation sites is 2. The van der Waals surface area contributed by atoms with E-state index in [9.17, 15) is 19.7 Å². The average Bonchev–Trinajstić information content (AvgIpc) is 3.11. The van der Waals surface area contributed by atoms with Crippen molar-refractivity contribution in [2.75, 3.05) is 18.2 Å². The van der Waals surface area contributed by atoms with Gasteiger partial charge in [-0.2, -0.15) is 0 Å². The molecule has 0 atom stereocenters. The van der Waals surface area contributed by atoms with E-state index in [-0.39, 0.29) is 22.7 Å². The van der Waals surface area contributed by atoms with E-state index in [1.165, 1.54) is 34.1 Å². The number of anilines is 1. The van der Waals surface area contributed by atoms with E-state index in [0.717, 1.165) is 22.2 Å². The van der Waals surface area contributed by atoms with E-state index in [4.69, 9.17) is 4.74 Å². The van der Waals surface area contributed by atoms with Gasteiger partial charge in [0, 0.05) is 10.9 Å². The van der Waals surface area contributed by atoms with Crippen LogP contribution in [-0.4, -0.2) is 33.2 Å². The van der Waals surface area contributed by atoms with Crippen LogP contribution in [0.2, 0.25) is 0 Å². The molecule has 4 aromatic rings. The van der Waals surface area contributed by atoms with Crippen LogP contribution >= 0.6 is 23.1 Å². The molecule has 0 bridgehead atoms. The topological polar surface area (TPSA) is 116 Å². The third-order valence-electron chi connectivity index (χ3n) is 5.21. The van der Waals surface area contributed by atoms with Crippen LogP contribution in [0.3, 0.4) is 0 Å². The fourth-order valence-electron chi connectivity index (χ4n) is 3.39. The maximum atomic E-state index is 13.5. The lowest BCUT2D eigenvalue weighted by Crippen LogP contribution is -2.23. The molecule has 0 aliphatic carbocycles. The van der Waals surface area contributed by atoms with Crippen molar-refractivity contribution in [2.24, 2.45) is 0 Å². The normalized spacial score (nSPS) is 10.9. The number of ether oxygens (including phenoxy) is 1. The van der Waals surface area contributed by atoms with Gasteiger partial charge in [-0.1, -0.05) is 23.9 Å². The first-order chi connectivity index (χ1) is 16.3. The van der Waals surface area contributed by atoms with Crippen LogP contribution in [0.5, 0.6) is 5.75 Å². The minimum absolute atomic E-state index is 0.0938. The fourth-order valence-corrected chi connectivity index (χ4v) is 5.27. The molecule has 0 unspecified atom stereocenters. The number of carbonyl (C=O) groups excluding carboxylic acids is 1. The summed E-state index contributed by atoms with van der Waals surface area (Å²) in [4.78, 5) is 43.1. The number of hydrogen-bond acceptors (Lipinski definition) is 8. The number of carbonyl (C=O) groups is 1. The van der Waals surface area contributed by atoms with Gasteiger partial charge in [-0.15, -0.1) is 11.3 Å². The van der Waals surface area contributed by atoms with Crippen LogP contribution in [0.1, 0.15) is 10.4 Å². The highest BCUT2D eigenvalue weighted by atomic mass is 32.2. The number of methoxy groups -OCH3 is 1. The zero-order chi connectivity index (χ0) is 24.4. The Morgan fingerprint density at radius 3 is 2.59 bits per heavy atom. The van der Waals surface area contributed by atoms with Crippen LogP contribution in [0.25, 0.3) is 15.9 Å². The minimum atomic E-state index is -0.555. The fraction of sp³-hybridized carbons (Fsp3) is 0.174. The molecule has 1 amide bonds. The molecular formula is C23H20N4O5S2. The first kappa shape index (κ1) is 23.5. The Morgan fingerprint density at radius 2 is 1.91 bits per heavy atom. The summed E-state index contributed by atoms with van der Waals surface area (Å²) in [5.41, 5.74) is 1.16. The number of thioether (sulfide) groups is 1. The van der Waals surface area contributed by atoms with E-state index in [2.05, 4.69) is 10.3 Å². The van der Waals surface area contributed by atoms with Gasteiger partial charge in [-0.3, -0.25) is 24.3 Å². The Morgan fingerprint density at radius 1 is 1.21 bits per heavy atom. The molecule has 2 aromatic heterocycles. The standard InChI is InChI=1S/C23H20N4O5S2/c1-13-14(2)34-21-20(13)22(29)26(15-8-10-16(32-3)11-9-15)23(25-21)33-12-19(28)24-17-6-4-5-7-18(17)27(30)31/h4-11H,12H2,1-3H3,(H,24,28). The van der Waals surface area contributed by atoms with Crippen molar-refractivity contribution >= 4 is 50.6 Å². The van der Waals surface area contributed by atoms with Crippen LogP contribution in [0.15, 0.2) is 58.5 Å². The van der Waals surface area contributed by atoms with Crippen molar-refractivity contribution in [1.82, 2.24) is 9.55 Å². The van der Waals surface area contributed by atoms with E-state index in [1.54, 1.807) is 37.4 Å². The summed E-state index contributed by atoms with van der Waals surface area (Å²) in [5, 5.41) is 14.7. The molecule has 2 aromatic carbocycles. The molecule has 11 heteroatoms. The molecular weight excluding hydrogens is 476 g/mol. The molecule has 0 saturated heterocycles. The number of amides is 1. The van der Waals surface area contributed by atoms with E-state index in [0.29, 0.717) is 26.8 Å². The Balaban J connectivity index is 1.69. The van der Waals surface area contributed by atoms with E-state index in [1.807, 2.05) is 13.8 Å². The Hall–Kier alpha value is -3.70. The summed E-state index contributed by atoms with van der Waals surface area (Å²) in [7, 11) is 1.56. The zero-order valence-corrected chi connectivity index (χ0v) is 20.2. The Bertz CT molecular complexity index is 1460. The van der Waals surface area contributed by atoms with Gasteiger partial charge in [0.1, 0.15) is 16.3 Å². The predicted molar refractivity (Wildman–Crippen MR) is 134 cm³/mol. The highest BCUT2D eigenvalue weighted by Crippen LogP contribution is 2.30. The molecule has 1 N–H and O–H groups in total. The molecule has 0 aliphatic heterocycles. The Labute approximate surface area is 202 Å². The van der Waals surface area contributed by atoms with Crippen molar-refractivity contribution in [2.45, 2.75) is 19.0 Å². The monoisotopic (exact) mass is 496 g/mol. The Kier molecular flexibility index (Phi) is 6.66. The number of aromatic nitrogens is 2. The molecule has 0 radical (unpaired) electrons. The van der Waals surface area contributed by atoms with Gasteiger partial charge in [-0.05, 0) is 49.7 Å². The first-order valence-electron chi connectivity index (χ1n) is 10.1. The highest BCUT2D eigenvalue weighted by Gasteiger charge is 2.20. The molecule has 2 heterocycles. The van der Waals surface area contributed by atoms with Crippen molar-refractivity contribution in [3.8, 4) is 11.4 Å². The summed E-state index contributed by atoms with van der Waals surface area (Å²) in [6, 6.07) is 12.9. The first-order valence-corrected chi connectivity index (χ1v) is 11.9. The van der Waals surface area contributed by atoms with Crippen molar-refractivity contribution in [3.05, 3.63) is 79.4 Å². The lowest BCUT2D eigenvalue weighted by Gasteiger charge is -2.13. The smallest absolute Gasteiger partial charge is 0.292 e. The van der Waals surface area contributed by atoms with Crippen molar-refractivity contribution < 1.29 is 14.5 Å². The maximum absolute atomic E-state index is 13.5. The SMILES string of the molecule is COc1ccc(-n2c(SCC(=O)Nc3ccccc3[N+](=O)[O-])nc3sc(C)c(C)c3c2=O)cc1. The second-order valence-corrected chi connectivity index (χ2v) is 9.45. The second kappa shape index (κ2) is 9.65. The van der Waals surface area contributed by atoms with Gasteiger partial charge in [0.25, 0.3) is 11.2 Å². The van der Waals surface area contributed by atoms with Crippen LogP contribution in [0.4, 0.5) is 11.4 Å². The number of nitro groups is 1. The van der Waals surface area contributed by atoms with Crippen LogP contribution in [-0.2, 0) is 4.79 Å². The maximum Gasteiger partial charge on any atom is 0.292 e. The van der Waals surface area contributed by atoms with Crippen molar-refractivity contribution in [1.29, 1.82) is 0 Å². The third-order valence-corrected chi connectivity index (χ3v) is 7.25. The second-order valence-electron chi connectivity index (χ2n) is 7.31. The summed E-state index contributed by atoms with van der Waals surface area (Å²) in [6.07, 6.45) is 0. The predicted octanol–water partition coefficient (Wildman–Crippen LogP) is 4.71. The summed E-state index contributed by atoms with van der Waals surface area (Å²) < 4.78 is 6.69. The molecule has 34 heavy (non-hydrogen) atoms. The van der Waals surface area contributed by atoms with E-state index < -0.39 is 10.8 Å². The van der Waals surface area contributed by atoms with Gasteiger partial charge in [0.2, 0.25) is 5.91 Å². The lowest BCUT2D eigenvalue weighted by molar-refractivity contribution is -0.383. The van der Waals surface area contributed by atoms with Gasteiger partial charge in [-0.25, -0.2) is 4.98 Å². The number of aryl methyl sites for hydroxylation is 2. The molecule has 0 saturated carbocycles. The molecule has 4 rings (SSSR count). The average molecular weight is 497 g/mol. The largest absolute Gasteiger partial charge is 0.497 e. The van der Waals surface area contributed by atoms with Gasteiger partial charge in [0.15, 0.2) is 5.16 Å². The van der Waals surface area contributed by atoms with Crippen LogP contribution < -0.4 is 15.6 Å². The number of fused-ring (bicyclic) bond motifs is 1. The summed E-state index contributed by atoms with van der Waals surface area (Å²) in [6.45, 7) is 3.83. The third kappa shape index (κ3) is 4.52. The molecule has 0 fully saturated rings. The summed E-state index contributed by atoms with van der Waals surface area (Å²) in [5.74, 6) is 0.101. The van der Waals surface area contributed by atoms with Crippen LogP contribution in [0, 0.1) is 24.0 Å². The number of nitrogens with zero attached hydrogens (tertiary/aromatic N) is 3. The van der Waals surface area contributed by atoms with Gasteiger partial charge < -0.3 is 10.1 Å². The highest BCUT2D eigenvalue weighted by molar-refractivity contribution is 7.99. The number of rotatable bonds is 7. The molecule has 0 aliphatic rings. The number of nitrogens with one attached hydrogen (secondary N) is 1. The number of hydrogen-bond donors (Lipinski definition) is 1. The van der Waals surface area contributed by atoms with Gasteiger partial charge >= 0.3 is 0 Å². The zero-order valence-electron chi connectivity index (χ0n) is 18.5. The molecule has 9 nitrogen and oxygen atoms in total. The minimum Gasteiger partial charge on any atom is -0.497 e. The van der Waals surface area contributed by atoms with E-state index >= 15 is 0 Å². The molecule has 0 spiro atoms. The molecule has 174 valence electrons. The number of nitro benzene ring substituents is 1. The summed E-state index contributed by atoms with van der Waals surface area (Å²) >= 11 is 2.51. The number of thiophene rings is 1. The number of benzene rings is 2. The van der Waals surface area contributed by atoms with Gasteiger partial charge in [0.05, 0.1) is 28.9 Å².